The first-order chi connectivity index (χ1) is 10.3. The highest BCUT2D eigenvalue weighted by atomic mass is 127. The van der Waals surface area contributed by atoms with Gasteiger partial charge in [0.05, 0.1) is 5.60 Å². The van der Waals surface area contributed by atoms with E-state index in [1.54, 1.807) is 6.07 Å². The van der Waals surface area contributed by atoms with Crippen molar-refractivity contribution in [1.82, 2.24) is 4.90 Å². The molecule has 1 aliphatic carbocycles. The largest absolute Gasteiger partial charge is 0.384 e. The van der Waals surface area contributed by atoms with Crippen molar-refractivity contribution in [2.75, 3.05) is 20.1 Å². The normalized spacial score (nSPS) is 28.8. The van der Waals surface area contributed by atoms with Gasteiger partial charge in [0.15, 0.2) is 0 Å². The van der Waals surface area contributed by atoms with Crippen LogP contribution < -0.4 is 0 Å². The third kappa shape index (κ3) is 2.33. The number of benzene rings is 1. The van der Waals surface area contributed by atoms with Crippen LogP contribution in [0, 0.1) is 17.2 Å². The van der Waals surface area contributed by atoms with Crippen LogP contribution in [0.1, 0.15) is 43.4 Å². The summed E-state index contributed by atoms with van der Waals surface area (Å²) in [5.74, 6) is 0.0592. The zero-order valence-corrected chi connectivity index (χ0v) is 15.8. The van der Waals surface area contributed by atoms with Crippen molar-refractivity contribution >= 4 is 22.6 Å². The number of nitrogens with zero attached hydrogens (tertiary/aromatic N) is 1. The van der Waals surface area contributed by atoms with E-state index in [-0.39, 0.29) is 17.2 Å². The molecule has 0 saturated carbocycles. The summed E-state index contributed by atoms with van der Waals surface area (Å²) >= 11 is 2.32. The lowest BCUT2D eigenvalue weighted by Gasteiger charge is -2.47. The monoisotopic (exact) mass is 417 g/mol. The molecule has 2 aliphatic rings. The number of hydrogen-bond donors (Lipinski definition) is 1. The molecule has 4 heteroatoms. The van der Waals surface area contributed by atoms with E-state index >= 15 is 0 Å². The Kier molecular flexibility index (Phi) is 4.32. The van der Waals surface area contributed by atoms with Crippen molar-refractivity contribution in [2.24, 2.45) is 11.3 Å². The maximum atomic E-state index is 14.4. The lowest BCUT2D eigenvalue weighted by Crippen LogP contribution is -2.49. The van der Waals surface area contributed by atoms with Crippen LogP contribution in [0.4, 0.5) is 4.39 Å². The van der Waals surface area contributed by atoms with E-state index in [9.17, 15) is 9.50 Å². The summed E-state index contributed by atoms with van der Waals surface area (Å²) < 4.78 is 15.2. The molecule has 1 atom stereocenters. The van der Waals surface area contributed by atoms with Crippen molar-refractivity contribution in [3.8, 4) is 0 Å². The highest BCUT2D eigenvalue weighted by Gasteiger charge is 2.57. The van der Waals surface area contributed by atoms with Gasteiger partial charge in [0, 0.05) is 9.84 Å². The third-order valence-corrected chi connectivity index (χ3v) is 6.65. The zero-order chi connectivity index (χ0) is 16.1. The van der Waals surface area contributed by atoms with Gasteiger partial charge in [0.2, 0.25) is 0 Å². The van der Waals surface area contributed by atoms with Crippen LogP contribution in [-0.2, 0) is 16.4 Å². The minimum absolute atomic E-state index is 0.152. The van der Waals surface area contributed by atoms with Gasteiger partial charge in [0.1, 0.15) is 5.82 Å². The topological polar surface area (TPSA) is 23.5 Å². The molecule has 0 bridgehead atoms. The Morgan fingerprint density at radius 2 is 1.95 bits per heavy atom. The average molecular weight is 417 g/mol. The number of aliphatic hydroxyl groups is 1. The Morgan fingerprint density at radius 3 is 2.55 bits per heavy atom. The van der Waals surface area contributed by atoms with Crippen LogP contribution in [0.15, 0.2) is 12.1 Å². The van der Waals surface area contributed by atoms with Crippen LogP contribution in [0.25, 0.3) is 0 Å². The minimum atomic E-state index is -0.911. The molecule has 122 valence electrons. The second kappa shape index (κ2) is 5.71. The summed E-state index contributed by atoms with van der Waals surface area (Å²) in [6.07, 6.45) is 2.58. The number of rotatable bonds is 2. The van der Waals surface area contributed by atoms with E-state index in [4.69, 9.17) is 0 Å². The van der Waals surface area contributed by atoms with Crippen molar-refractivity contribution < 1.29 is 9.50 Å². The molecule has 3 rings (SSSR count). The molecule has 0 radical (unpaired) electrons. The lowest BCUT2D eigenvalue weighted by molar-refractivity contribution is -0.121. The molecule has 22 heavy (non-hydrogen) atoms. The first kappa shape index (κ1) is 16.7. The van der Waals surface area contributed by atoms with Crippen molar-refractivity contribution in [1.29, 1.82) is 0 Å². The maximum Gasteiger partial charge on any atom is 0.126 e. The summed E-state index contributed by atoms with van der Waals surface area (Å²) in [6.45, 7) is 6.21. The zero-order valence-electron chi connectivity index (χ0n) is 13.6. The molecular formula is C18H25FINO. The first-order valence-corrected chi connectivity index (χ1v) is 9.61. The first-order valence-electron chi connectivity index (χ1n) is 8.09. The summed E-state index contributed by atoms with van der Waals surface area (Å²) in [7, 11) is 2.13. The molecule has 1 unspecified atom stereocenters. The fourth-order valence-corrected chi connectivity index (χ4v) is 5.16. The van der Waals surface area contributed by atoms with Crippen molar-refractivity contribution in [2.45, 2.75) is 43.1 Å². The van der Waals surface area contributed by atoms with Crippen LogP contribution >= 0.6 is 22.6 Å². The SMILES string of the molecule is CN1CCC(C2(O)c3c(CI)ccc(F)c3CC2(C)C)CC1. The fraction of sp³-hybridized carbons (Fsp3) is 0.667. The number of alkyl halides is 1. The molecule has 0 amide bonds. The molecule has 0 spiro atoms. The molecular weight excluding hydrogens is 392 g/mol. The number of likely N-dealkylation sites (tertiary alicyclic amines) is 1. The third-order valence-electron chi connectivity index (χ3n) is 5.83. The number of halogens is 2. The van der Waals surface area contributed by atoms with Crippen LogP contribution in [0.5, 0.6) is 0 Å². The van der Waals surface area contributed by atoms with E-state index in [0.29, 0.717) is 6.42 Å². The second-order valence-electron chi connectivity index (χ2n) is 7.60. The Hall–Kier alpha value is -0.200. The van der Waals surface area contributed by atoms with Gasteiger partial charge in [-0.25, -0.2) is 4.39 Å². The van der Waals surface area contributed by atoms with E-state index in [2.05, 4.69) is 48.4 Å². The highest BCUT2D eigenvalue weighted by molar-refractivity contribution is 14.1. The summed E-state index contributed by atoms with van der Waals surface area (Å²) in [5.41, 5.74) is 1.52. The summed E-state index contributed by atoms with van der Waals surface area (Å²) in [5, 5.41) is 11.8. The van der Waals surface area contributed by atoms with Crippen LogP contribution in [0.2, 0.25) is 0 Å². The molecule has 1 heterocycles. The predicted octanol–water partition coefficient (Wildman–Crippen LogP) is 3.87. The summed E-state index contributed by atoms with van der Waals surface area (Å²) in [4.78, 5) is 2.31. The Labute approximate surface area is 146 Å². The smallest absolute Gasteiger partial charge is 0.126 e. The van der Waals surface area contributed by atoms with Crippen LogP contribution in [-0.4, -0.2) is 30.1 Å². The van der Waals surface area contributed by atoms with Gasteiger partial charge in [-0.3, -0.25) is 0 Å². The number of fused-ring (bicyclic) bond motifs is 1. The maximum absolute atomic E-state index is 14.4. The van der Waals surface area contributed by atoms with Gasteiger partial charge in [-0.2, -0.15) is 0 Å². The Bertz CT molecular complexity index is 581. The van der Waals surface area contributed by atoms with Gasteiger partial charge in [-0.1, -0.05) is 42.5 Å². The quantitative estimate of drug-likeness (QED) is 0.584. The minimum Gasteiger partial charge on any atom is -0.384 e. The van der Waals surface area contributed by atoms with Gasteiger partial charge >= 0.3 is 0 Å². The van der Waals surface area contributed by atoms with E-state index < -0.39 is 5.60 Å². The number of piperidine rings is 1. The average Bonchev–Trinajstić information content (AvgIpc) is 2.70. The molecule has 0 aromatic heterocycles. The molecule has 1 fully saturated rings. The van der Waals surface area contributed by atoms with Gasteiger partial charge in [-0.05, 0) is 68.1 Å². The lowest BCUT2D eigenvalue weighted by atomic mass is 9.65. The van der Waals surface area contributed by atoms with Gasteiger partial charge in [0.25, 0.3) is 0 Å². The number of hydrogen-bond acceptors (Lipinski definition) is 2. The Balaban J connectivity index is 2.13. The molecule has 1 aliphatic heterocycles. The fourth-order valence-electron chi connectivity index (χ4n) is 4.53. The van der Waals surface area contributed by atoms with Gasteiger partial charge in [-0.15, -0.1) is 0 Å². The van der Waals surface area contributed by atoms with Gasteiger partial charge < -0.3 is 10.0 Å². The highest BCUT2D eigenvalue weighted by Crippen LogP contribution is 2.57. The molecule has 1 aromatic rings. The summed E-state index contributed by atoms with van der Waals surface area (Å²) in [6, 6.07) is 3.44. The van der Waals surface area contributed by atoms with Crippen LogP contribution in [0.3, 0.4) is 0 Å². The molecule has 1 saturated heterocycles. The van der Waals surface area contributed by atoms with Crippen molar-refractivity contribution in [3.05, 3.63) is 34.6 Å². The standard InChI is InChI=1S/C18H25FINO/c1-17(2)10-14-15(19)5-4-12(11-20)16(14)18(17,22)13-6-8-21(3)9-7-13/h4-5,13,22H,6-11H2,1-3H3. The van der Waals surface area contributed by atoms with E-state index in [1.165, 1.54) is 0 Å². The second-order valence-corrected chi connectivity index (χ2v) is 8.36. The van der Waals surface area contributed by atoms with Crippen molar-refractivity contribution in [3.63, 3.8) is 0 Å². The molecule has 2 nitrogen and oxygen atoms in total. The predicted molar refractivity (Wildman–Crippen MR) is 95.7 cm³/mol. The van der Waals surface area contributed by atoms with E-state index in [1.807, 2.05) is 6.07 Å². The molecule has 1 aromatic carbocycles. The van der Waals surface area contributed by atoms with E-state index in [0.717, 1.165) is 47.0 Å². The Morgan fingerprint density at radius 1 is 1.32 bits per heavy atom. The molecule has 1 N–H and O–H groups in total.